The van der Waals surface area contributed by atoms with Crippen molar-refractivity contribution in [3.8, 4) is 0 Å². The number of quaternary nitrogens is 1. The molecular weight excluding hydrogens is 305 g/mol. The number of halogens is 4. The Kier molecular flexibility index (Phi) is 14.0. The number of hydrogen-bond donors (Lipinski definition) is 1. The van der Waals surface area contributed by atoms with E-state index in [2.05, 4.69) is 13.8 Å². The van der Waals surface area contributed by atoms with Gasteiger partial charge in [-0.25, -0.2) is 0 Å². The molecule has 1 fully saturated rings. The highest BCUT2D eigenvalue weighted by molar-refractivity contribution is 6.50. The molecule has 1 aliphatic heterocycles. The molecule has 2 unspecified atom stereocenters. The van der Waals surface area contributed by atoms with Crippen LogP contribution in [0.5, 0.6) is 0 Å². The van der Waals surface area contributed by atoms with E-state index in [0.29, 0.717) is 0 Å². The molecule has 1 rings (SSSR count). The van der Waals surface area contributed by atoms with Crippen molar-refractivity contribution < 1.29 is 22.2 Å². The van der Waals surface area contributed by atoms with E-state index >= 15 is 0 Å². The Bertz CT molecular complexity index is 255. The van der Waals surface area contributed by atoms with Gasteiger partial charge in [-0.1, -0.05) is 65.2 Å². The van der Waals surface area contributed by atoms with Crippen LogP contribution >= 0.6 is 0 Å². The highest BCUT2D eigenvalue weighted by atomic mass is 19.5. The first-order valence-electron chi connectivity index (χ1n) is 9.53. The van der Waals surface area contributed by atoms with E-state index in [1.54, 1.807) is 0 Å². The number of hydrogen-bond acceptors (Lipinski definition) is 0. The molecule has 140 valence electrons. The molecule has 1 saturated heterocycles. The van der Waals surface area contributed by atoms with Crippen LogP contribution in [0.25, 0.3) is 0 Å². The highest BCUT2D eigenvalue weighted by Crippen LogP contribution is 2.10. The smallest absolute Gasteiger partial charge is 0.418 e. The minimum Gasteiger partial charge on any atom is -0.418 e. The molecule has 1 heterocycles. The van der Waals surface area contributed by atoms with E-state index in [-0.39, 0.29) is 0 Å². The summed E-state index contributed by atoms with van der Waals surface area (Å²) in [7, 11) is -6.00. The van der Waals surface area contributed by atoms with Crippen LogP contribution in [-0.4, -0.2) is 26.9 Å². The van der Waals surface area contributed by atoms with E-state index in [1.165, 1.54) is 90.3 Å². The maximum atomic E-state index is 9.75. The normalized spacial score (nSPS) is 21.1. The molecule has 2 atom stereocenters. The predicted octanol–water partition coefficient (Wildman–Crippen LogP) is 5.13. The van der Waals surface area contributed by atoms with Crippen LogP contribution in [0.15, 0.2) is 0 Å². The Balaban J connectivity index is 0.000000841. The average Bonchev–Trinajstić information content (AvgIpc) is 2.85. The molecule has 1 aliphatic rings. The largest absolute Gasteiger partial charge is 0.673 e. The van der Waals surface area contributed by atoms with Crippen LogP contribution < -0.4 is 4.90 Å². The summed E-state index contributed by atoms with van der Waals surface area (Å²) in [5.74, 6) is 0.989. The minimum absolute atomic E-state index is 0.989. The molecule has 1 nitrogen and oxygen atoms in total. The lowest BCUT2D eigenvalue weighted by atomic mass is 10.1. The maximum Gasteiger partial charge on any atom is 0.673 e. The molecule has 0 bridgehead atoms. The third-order valence-electron chi connectivity index (χ3n) is 4.51. The van der Waals surface area contributed by atoms with Crippen molar-refractivity contribution in [3.63, 3.8) is 0 Å². The zero-order chi connectivity index (χ0) is 17.6. The van der Waals surface area contributed by atoms with Crippen molar-refractivity contribution in [2.75, 3.05) is 19.6 Å². The van der Waals surface area contributed by atoms with Gasteiger partial charge in [0.15, 0.2) is 0 Å². The summed E-state index contributed by atoms with van der Waals surface area (Å²) in [6.45, 7) is 9.03. The molecule has 0 spiro atoms. The first-order chi connectivity index (χ1) is 10.8. The van der Waals surface area contributed by atoms with Gasteiger partial charge in [0.05, 0.1) is 19.6 Å². The van der Waals surface area contributed by atoms with Crippen molar-refractivity contribution in [2.45, 2.75) is 84.5 Å². The van der Waals surface area contributed by atoms with Gasteiger partial charge >= 0.3 is 7.25 Å². The van der Waals surface area contributed by atoms with E-state index < -0.39 is 7.25 Å². The summed E-state index contributed by atoms with van der Waals surface area (Å²) in [6, 6.07) is 0. The van der Waals surface area contributed by atoms with E-state index in [1.807, 2.05) is 4.90 Å². The van der Waals surface area contributed by atoms with Crippen molar-refractivity contribution in [2.24, 2.45) is 5.92 Å². The molecule has 0 aliphatic carbocycles. The van der Waals surface area contributed by atoms with Crippen LogP contribution in [0.2, 0.25) is 0 Å². The molecule has 23 heavy (non-hydrogen) atoms. The molecule has 6 heteroatoms. The van der Waals surface area contributed by atoms with Gasteiger partial charge < -0.3 is 22.2 Å². The van der Waals surface area contributed by atoms with Gasteiger partial charge in [0.1, 0.15) is 0 Å². The van der Waals surface area contributed by atoms with E-state index in [9.17, 15) is 17.3 Å². The molecule has 0 aromatic heterocycles. The van der Waals surface area contributed by atoms with Gasteiger partial charge in [-0.3, -0.25) is 0 Å². The second-order valence-corrected chi connectivity index (χ2v) is 7.02. The molecule has 0 amide bonds. The molecule has 0 aromatic carbocycles. The van der Waals surface area contributed by atoms with Gasteiger partial charge in [-0.05, 0) is 12.8 Å². The number of likely N-dealkylation sites (tertiary alicyclic amines) is 1. The summed E-state index contributed by atoms with van der Waals surface area (Å²) in [6.07, 6.45) is 16.1. The Morgan fingerprint density at radius 3 is 1.65 bits per heavy atom. The number of nitrogens with one attached hydrogen (secondary N) is 1. The third-order valence-corrected chi connectivity index (χ3v) is 4.51. The van der Waals surface area contributed by atoms with Gasteiger partial charge in [0, 0.05) is 12.3 Å². The third kappa shape index (κ3) is 19.7. The van der Waals surface area contributed by atoms with Crippen LogP contribution in [0.1, 0.15) is 84.5 Å². The zero-order valence-corrected chi connectivity index (χ0v) is 15.1. The van der Waals surface area contributed by atoms with Gasteiger partial charge in [-0.15, -0.1) is 0 Å². The van der Waals surface area contributed by atoms with Crippen molar-refractivity contribution in [1.29, 1.82) is 0 Å². The Labute approximate surface area is 140 Å². The first kappa shape index (κ1) is 22.7. The fourth-order valence-electron chi connectivity index (χ4n) is 3.24. The summed E-state index contributed by atoms with van der Waals surface area (Å²) in [5, 5.41) is 0. The molecular formula is C17H36BF4N. The average molecular weight is 341 g/mol. The predicted molar refractivity (Wildman–Crippen MR) is 91.4 cm³/mol. The number of unbranched alkanes of at least 4 members (excludes halogenated alkanes) is 9. The summed E-state index contributed by atoms with van der Waals surface area (Å²) < 4.78 is 39.0. The maximum absolute atomic E-state index is 9.75. The summed E-state index contributed by atoms with van der Waals surface area (Å²) in [4.78, 5) is 1.88. The fraction of sp³-hybridized carbons (Fsp3) is 1.00. The number of rotatable bonds is 11. The Morgan fingerprint density at radius 1 is 0.826 bits per heavy atom. The van der Waals surface area contributed by atoms with Crippen molar-refractivity contribution in [1.82, 2.24) is 0 Å². The highest BCUT2D eigenvalue weighted by Gasteiger charge is 2.21. The SMILES string of the molecule is CCCCCCCCCCCC[NH+]1CCC(C)C1.F[B-](F)(F)F. The lowest BCUT2D eigenvalue weighted by molar-refractivity contribution is -0.889. The molecule has 0 radical (unpaired) electrons. The Morgan fingerprint density at radius 2 is 1.26 bits per heavy atom. The molecule has 1 N–H and O–H groups in total. The van der Waals surface area contributed by atoms with Crippen molar-refractivity contribution in [3.05, 3.63) is 0 Å². The zero-order valence-electron chi connectivity index (χ0n) is 15.1. The van der Waals surface area contributed by atoms with Crippen molar-refractivity contribution >= 4 is 7.25 Å². The van der Waals surface area contributed by atoms with Crippen LogP contribution in [-0.2, 0) is 0 Å². The topological polar surface area (TPSA) is 4.44 Å². The van der Waals surface area contributed by atoms with Crippen LogP contribution in [0, 0.1) is 5.92 Å². The standard InChI is InChI=1S/C17H35N.BF4/c1-3-4-5-6-7-8-9-10-11-12-14-18-15-13-17(2)16-18;2-1(3,4)5/h17H,3-16H2,1-2H3;/q;-1/p+1. The molecule has 0 saturated carbocycles. The monoisotopic (exact) mass is 341 g/mol. The second-order valence-electron chi connectivity index (χ2n) is 7.02. The fourth-order valence-corrected chi connectivity index (χ4v) is 3.24. The summed E-state index contributed by atoms with van der Waals surface area (Å²) >= 11 is 0. The second kappa shape index (κ2) is 14.1. The summed E-state index contributed by atoms with van der Waals surface area (Å²) in [5.41, 5.74) is 0. The van der Waals surface area contributed by atoms with Crippen LogP contribution in [0.3, 0.4) is 0 Å². The first-order valence-corrected chi connectivity index (χ1v) is 9.53. The van der Waals surface area contributed by atoms with Gasteiger partial charge in [-0.2, -0.15) is 0 Å². The molecule has 0 aromatic rings. The minimum atomic E-state index is -6.00. The van der Waals surface area contributed by atoms with Gasteiger partial charge in [0.2, 0.25) is 0 Å². The quantitative estimate of drug-likeness (QED) is 0.302. The lowest BCUT2D eigenvalue weighted by Crippen LogP contribution is -3.10. The van der Waals surface area contributed by atoms with E-state index in [0.717, 1.165) is 5.92 Å². The van der Waals surface area contributed by atoms with Crippen LogP contribution in [0.4, 0.5) is 17.3 Å². The lowest BCUT2D eigenvalue weighted by Gasteiger charge is -2.12. The van der Waals surface area contributed by atoms with E-state index in [4.69, 9.17) is 0 Å². The Hall–Kier alpha value is -0.255. The van der Waals surface area contributed by atoms with Gasteiger partial charge in [0.25, 0.3) is 0 Å².